The Kier molecular flexibility index (Phi) is 5.14. The molecule has 0 saturated carbocycles. The Morgan fingerprint density at radius 3 is 2.54 bits per heavy atom. The molecule has 1 aliphatic heterocycles. The van der Waals surface area contributed by atoms with E-state index in [0.29, 0.717) is 12.5 Å². The zero-order valence-electron chi connectivity index (χ0n) is 14.5. The van der Waals surface area contributed by atoms with Crippen molar-refractivity contribution in [1.82, 2.24) is 9.88 Å². The lowest BCUT2D eigenvalue weighted by molar-refractivity contribution is -0.131. The van der Waals surface area contributed by atoms with Gasteiger partial charge in [0.15, 0.2) is 0 Å². The van der Waals surface area contributed by atoms with Gasteiger partial charge in [0, 0.05) is 32.4 Å². The summed E-state index contributed by atoms with van der Waals surface area (Å²) < 4.78 is 0. The van der Waals surface area contributed by atoms with Crippen molar-refractivity contribution in [2.45, 2.75) is 32.2 Å². The Morgan fingerprint density at radius 2 is 1.88 bits per heavy atom. The van der Waals surface area contributed by atoms with Crippen LogP contribution >= 0.6 is 0 Å². The summed E-state index contributed by atoms with van der Waals surface area (Å²) in [6.45, 7) is 3.96. The standard InChI is InChI=1S/C20H25N3O/c1-16-7-3-4-8-17(16)15-20(24)22(2)18-10-13-23(14-11-18)19-9-5-6-12-21-19/h3-9,12,18H,10-11,13-15H2,1-2H3. The molecule has 3 rings (SSSR count). The van der Waals surface area contributed by atoms with E-state index in [1.807, 2.05) is 54.5 Å². The van der Waals surface area contributed by atoms with Gasteiger partial charge < -0.3 is 9.80 Å². The molecule has 0 atom stereocenters. The third-order valence-corrected chi connectivity index (χ3v) is 4.98. The lowest BCUT2D eigenvalue weighted by atomic mass is 10.0. The number of nitrogens with zero attached hydrogens (tertiary/aromatic N) is 3. The molecule has 24 heavy (non-hydrogen) atoms. The molecule has 0 aliphatic carbocycles. The molecule has 4 heteroatoms. The third kappa shape index (κ3) is 3.75. The van der Waals surface area contributed by atoms with Crippen molar-refractivity contribution in [2.24, 2.45) is 0 Å². The molecular weight excluding hydrogens is 298 g/mol. The van der Waals surface area contributed by atoms with Crippen molar-refractivity contribution in [1.29, 1.82) is 0 Å². The smallest absolute Gasteiger partial charge is 0.226 e. The number of aryl methyl sites for hydroxylation is 1. The van der Waals surface area contributed by atoms with Gasteiger partial charge in [-0.05, 0) is 43.0 Å². The van der Waals surface area contributed by atoms with Crippen molar-refractivity contribution in [3.8, 4) is 0 Å². The molecule has 0 unspecified atom stereocenters. The first-order chi connectivity index (χ1) is 11.6. The number of hydrogen-bond acceptors (Lipinski definition) is 3. The largest absolute Gasteiger partial charge is 0.356 e. The highest BCUT2D eigenvalue weighted by Crippen LogP contribution is 2.21. The van der Waals surface area contributed by atoms with E-state index in [0.717, 1.165) is 37.3 Å². The molecule has 0 N–H and O–H groups in total. The molecule has 1 fully saturated rings. The summed E-state index contributed by atoms with van der Waals surface area (Å²) in [4.78, 5) is 21.3. The lowest BCUT2D eigenvalue weighted by Crippen LogP contribution is -2.46. The number of aromatic nitrogens is 1. The van der Waals surface area contributed by atoms with Gasteiger partial charge in [0.25, 0.3) is 0 Å². The first-order valence-electron chi connectivity index (χ1n) is 8.61. The Labute approximate surface area is 144 Å². The van der Waals surface area contributed by atoms with Gasteiger partial charge in [-0.3, -0.25) is 4.79 Å². The van der Waals surface area contributed by atoms with Crippen LogP contribution in [0.15, 0.2) is 48.7 Å². The second-order valence-electron chi connectivity index (χ2n) is 6.51. The predicted molar refractivity (Wildman–Crippen MR) is 97.1 cm³/mol. The summed E-state index contributed by atoms with van der Waals surface area (Å²) in [6.07, 6.45) is 4.31. The van der Waals surface area contributed by atoms with Crippen LogP contribution in [0.2, 0.25) is 0 Å². The maximum Gasteiger partial charge on any atom is 0.226 e. The van der Waals surface area contributed by atoms with Crippen LogP contribution in [0, 0.1) is 6.92 Å². The van der Waals surface area contributed by atoms with Crippen LogP contribution < -0.4 is 4.90 Å². The monoisotopic (exact) mass is 323 g/mol. The van der Waals surface area contributed by atoms with Gasteiger partial charge in [-0.25, -0.2) is 4.98 Å². The Hall–Kier alpha value is -2.36. The molecule has 2 heterocycles. The van der Waals surface area contributed by atoms with Gasteiger partial charge >= 0.3 is 0 Å². The fourth-order valence-electron chi connectivity index (χ4n) is 3.32. The van der Waals surface area contributed by atoms with E-state index in [4.69, 9.17) is 0 Å². The van der Waals surface area contributed by atoms with E-state index in [1.54, 1.807) is 0 Å². The minimum absolute atomic E-state index is 0.209. The number of benzene rings is 1. The van der Waals surface area contributed by atoms with Gasteiger partial charge in [0.2, 0.25) is 5.91 Å². The topological polar surface area (TPSA) is 36.4 Å². The molecule has 1 amide bonds. The normalized spacial score (nSPS) is 15.3. The number of carbonyl (C=O) groups excluding carboxylic acids is 1. The van der Waals surface area contributed by atoms with E-state index in [9.17, 15) is 4.79 Å². The van der Waals surface area contributed by atoms with Crippen LogP contribution in [-0.4, -0.2) is 42.0 Å². The van der Waals surface area contributed by atoms with Crippen molar-refractivity contribution in [2.75, 3.05) is 25.0 Å². The second-order valence-corrected chi connectivity index (χ2v) is 6.51. The Bertz CT molecular complexity index is 678. The molecule has 4 nitrogen and oxygen atoms in total. The van der Waals surface area contributed by atoms with E-state index < -0.39 is 0 Å². The predicted octanol–water partition coefficient (Wildman–Crippen LogP) is 3.06. The fourth-order valence-corrected chi connectivity index (χ4v) is 3.32. The van der Waals surface area contributed by atoms with Crippen LogP contribution in [0.25, 0.3) is 0 Å². The number of carbonyl (C=O) groups is 1. The average Bonchev–Trinajstić information content (AvgIpc) is 2.64. The summed E-state index contributed by atoms with van der Waals surface area (Å²) in [5.74, 6) is 1.24. The number of piperidine rings is 1. The molecule has 2 aromatic rings. The summed E-state index contributed by atoms with van der Waals surface area (Å²) >= 11 is 0. The lowest BCUT2D eigenvalue weighted by Gasteiger charge is -2.37. The molecule has 0 spiro atoms. The van der Waals surface area contributed by atoms with E-state index in [-0.39, 0.29) is 5.91 Å². The van der Waals surface area contributed by atoms with Crippen LogP contribution in [0.4, 0.5) is 5.82 Å². The third-order valence-electron chi connectivity index (χ3n) is 4.98. The molecule has 1 aliphatic rings. The van der Waals surface area contributed by atoms with Crippen LogP contribution in [0.3, 0.4) is 0 Å². The number of amides is 1. The number of anilines is 1. The van der Waals surface area contributed by atoms with Gasteiger partial charge in [0.05, 0.1) is 6.42 Å². The number of hydrogen-bond donors (Lipinski definition) is 0. The SMILES string of the molecule is Cc1ccccc1CC(=O)N(C)C1CCN(c2ccccn2)CC1. The van der Waals surface area contributed by atoms with Crippen molar-refractivity contribution >= 4 is 11.7 Å². The minimum Gasteiger partial charge on any atom is -0.356 e. The van der Waals surface area contributed by atoms with E-state index in [2.05, 4.69) is 22.9 Å². The molecule has 1 aromatic carbocycles. The second kappa shape index (κ2) is 7.47. The first kappa shape index (κ1) is 16.5. The van der Waals surface area contributed by atoms with Crippen LogP contribution in [0.5, 0.6) is 0 Å². The quantitative estimate of drug-likeness (QED) is 0.868. The maximum atomic E-state index is 12.6. The van der Waals surface area contributed by atoms with Crippen molar-refractivity contribution in [3.63, 3.8) is 0 Å². The highest BCUT2D eigenvalue weighted by molar-refractivity contribution is 5.79. The maximum absolute atomic E-state index is 12.6. The minimum atomic E-state index is 0.209. The molecular formula is C20H25N3O. The van der Waals surface area contributed by atoms with E-state index in [1.165, 1.54) is 5.56 Å². The zero-order valence-corrected chi connectivity index (χ0v) is 14.5. The number of likely N-dealkylation sites (N-methyl/N-ethyl adjacent to an activating group) is 1. The van der Waals surface area contributed by atoms with Crippen LogP contribution in [0.1, 0.15) is 24.0 Å². The van der Waals surface area contributed by atoms with E-state index >= 15 is 0 Å². The molecule has 1 aromatic heterocycles. The zero-order chi connectivity index (χ0) is 16.9. The average molecular weight is 323 g/mol. The van der Waals surface area contributed by atoms with Gasteiger partial charge in [-0.15, -0.1) is 0 Å². The van der Waals surface area contributed by atoms with Crippen molar-refractivity contribution in [3.05, 3.63) is 59.8 Å². The summed E-state index contributed by atoms with van der Waals surface area (Å²) in [5, 5.41) is 0. The van der Waals surface area contributed by atoms with Crippen LogP contribution in [-0.2, 0) is 11.2 Å². The Morgan fingerprint density at radius 1 is 1.17 bits per heavy atom. The Balaban J connectivity index is 1.56. The number of pyridine rings is 1. The summed E-state index contributed by atoms with van der Waals surface area (Å²) in [7, 11) is 1.95. The fraction of sp³-hybridized carbons (Fsp3) is 0.400. The number of rotatable bonds is 4. The summed E-state index contributed by atoms with van der Waals surface area (Å²) in [6, 6.07) is 14.5. The molecule has 1 saturated heterocycles. The van der Waals surface area contributed by atoms with Crippen molar-refractivity contribution < 1.29 is 4.79 Å². The highest BCUT2D eigenvalue weighted by atomic mass is 16.2. The highest BCUT2D eigenvalue weighted by Gasteiger charge is 2.26. The first-order valence-corrected chi connectivity index (χ1v) is 8.61. The summed E-state index contributed by atoms with van der Waals surface area (Å²) in [5.41, 5.74) is 2.31. The van der Waals surface area contributed by atoms with Gasteiger partial charge in [-0.1, -0.05) is 30.3 Å². The molecule has 126 valence electrons. The van der Waals surface area contributed by atoms with Gasteiger partial charge in [-0.2, -0.15) is 0 Å². The van der Waals surface area contributed by atoms with Gasteiger partial charge in [0.1, 0.15) is 5.82 Å². The molecule has 0 radical (unpaired) electrons. The molecule has 0 bridgehead atoms.